The van der Waals surface area contributed by atoms with E-state index in [-0.39, 0.29) is 18.2 Å². The molecule has 1 aliphatic rings. The van der Waals surface area contributed by atoms with E-state index in [9.17, 15) is 8.42 Å². The molecule has 1 aliphatic heterocycles. The van der Waals surface area contributed by atoms with E-state index in [2.05, 4.69) is 0 Å². The molecule has 100 valence electrons. The third-order valence-corrected chi connectivity index (χ3v) is 5.75. The van der Waals surface area contributed by atoms with Gasteiger partial charge in [-0.2, -0.15) is 0 Å². The molecule has 18 heavy (non-hydrogen) atoms. The summed E-state index contributed by atoms with van der Waals surface area (Å²) in [5.74, 6) is 0.990. The van der Waals surface area contributed by atoms with Gasteiger partial charge in [0, 0.05) is 12.5 Å². The summed E-state index contributed by atoms with van der Waals surface area (Å²) in [5.41, 5.74) is 6.45. The predicted octanol–water partition coefficient (Wildman–Crippen LogP) is 1.31. The molecule has 4 nitrogen and oxygen atoms in total. The van der Waals surface area contributed by atoms with Crippen molar-refractivity contribution in [1.82, 2.24) is 0 Å². The van der Waals surface area contributed by atoms with Crippen LogP contribution in [0.25, 0.3) is 0 Å². The van der Waals surface area contributed by atoms with Crippen molar-refractivity contribution in [1.29, 1.82) is 0 Å². The molecule has 0 saturated carbocycles. The van der Waals surface area contributed by atoms with E-state index < -0.39 is 15.1 Å². The lowest BCUT2D eigenvalue weighted by molar-refractivity contribution is 0.272. The molecule has 1 heterocycles. The molecule has 0 saturated heterocycles. The van der Waals surface area contributed by atoms with Gasteiger partial charge < -0.3 is 10.5 Å². The van der Waals surface area contributed by atoms with Crippen LogP contribution >= 0.6 is 0 Å². The summed E-state index contributed by atoms with van der Waals surface area (Å²) in [5, 5.41) is -0.479. The normalized spacial score (nSPS) is 20.9. The van der Waals surface area contributed by atoms with Crippen LogP contribution in [-0.4, -0.2) is 32.6 Å². The summed E-state index contributed by atoms with van der Waals surface area (Å²) < 4.78 is 29.8. The van der Waals surface area contributed by atoms with Gasteiger partial charge in [0.05, 0.1) is 17.6 Å². The van der Waals surface area contributed by atoms with Crippen molar-refractivity contribution >= 4 is 9.84 Å². The molecule has 0 radical (unpaired) electrons. The van der Waals surface area contributed by atoms with E-state index in [1.807, 2.05) is 24.3 Å². The second-order valence-electron chi connectivity index (χ2n) is 4.75. The van der Waals surface area contributed by atoms with Gasteiger partial charge in [-0.05, 0) is 25.0 Å². The fourth-order valence-corrected chi connectivity index (χ4v) is 3.71. The number of benzene rings is 1. The summed E-state index contributed by atoms with van der Waals surface area (Å²) in [7, 11) is -3.13. The van der Waals surface area contributed by atoms with Crippen LogP contribution in [0.1, 0.15) is 24.8 Å². The molecule has 2 rings (SSSR count). The monoisotopic (exact) mass is 269 g/mol. The average Bonchev–Trinajstić information content (AvgIpc) is 2.38. The van der Waals surface area contributed by atoms with Gasteiger partial charge in [-0.3, -0.25) is 0 Å². The van der Waals surface area contributed by atoms with Crippen molar-refractivity contribution in [3.05, 3.63) is 29.8 Å². The van der Waals surface area contributed by atoms with Crippen molar-refractivity contribution in [2.45, 2.75) is 24.5 Å². The first kappa shape index (κ1) is 13.4. The smallest absolute Gasteiger partial charge is 0.154 e. The zero-order chi connectivity index (χ0) is 13.2. The molecule has 1 aromatic carbocycles. The summed E-state index contributed by atoms with van der Waals surface area (Å²) >= 11 is 0. The Kier molecular flexibility index (Phi) is 3.92. The lowest BCUT2D eigenvalue weighted by Crippen LogP contribution is -2.32. The Balaban J connectivity index is 2.22. The quantitative estimate of drug-likeness (QED) is 0.895. The van der Waals surface area contributed by atoms with Crippen LogP contribution in [0.2, 0.25) is 0 Å². The van der Waals surface area contributed by atoms with Crippen LogP contribution in [0, 0.1) is 0 Å². The predicted molar refractivity (Wildman–Crippen MR) is 71.6 cm³/mol. The van der Waals surface area contributed by atoms with Crippen LogP contribution in [0.4, 0.5) is 0 Å². The molecular weight excluding hydrogens is 250 g/mol. The van der Waals surface area contributed by atoms with Gasteiger partial charge in [-0.25, -0.2) is 8.42 Å². The number of rotatable bonds is 4. The molecule has 5 heteroatoms. The van der Waals surface area contributed by atoms with E-state index in [4.69, 9.17) is 10.5 Å². The first-order chi connectivity index (χ1) is 8.54. The lowest BCUT2D eigenvalue weighted by Gasteiger charge is -2.26. The zero-order valence-electron chi connectivity index (χ0n) is 10.5. The van der Waals surface area contributed by atoms with Crippen molar-refractivity contribution in [2.24, 2.45) is 5.73 Å². The van der Waals surface area contributed by atoms with E-state index in [1.165, 1.54) is 0 Å². The molecule has 2 atom stereocenters. The third kappa shape index (κ3) is 2.67. The van der Waals surface area contributed by atoms with Gasteiger partial charge in [0.1, 0.15) is 5.75 Å². The van der Waals surface area contributed by atoms with E-state index in [0.29, 0.717) is 6.61 Å². The Labute approximate surface area is 108 Å². The standard InChI is InChI=1S/C13H19NO3S/c1-10(8-14)18(15,16)9-11-6-7-17-13-5-3-2-4-12(11)13/h2-5,10-11H,6-9,14H2,1H3. The van der Waals surface area contributed by atoms with Gasteiger partial charge in [0.2, 0.25) is 0 Å². The topological polar surface area (TPSA) is 69.4 Å². The summed E-state index contributed by atoms with van der Waals surface area (Å²) in [4.78, 5) is 0. The van der Waals surface area contributed by atoms with E-state index >= 15 is 0 Å². The minimum atomic E-state index is -3.13. The number of hydrogen-bond acceptors (Lipinski definition) is 4. The number of fused-ring (bicyclic) bond motifs is 1. The van der Waals surface area contributed by atoms with Crippen LogP contribution < -0.4 is 10.5 Å². The van der Waals surface area contributed by atoms with Gasteiger partial charge >= 0.3 is 0 Å². The summed E-state index contributed by atoms with van der Waals surface area (Å²) in [6.45, 7) is 2.42. The number of sulfone groups is 1. The molecular formula is C13H19NO3S. The van der Waals surface area contributed by atoms with Crippen molar-refractivity contribution in [3.8, 4) is 5.75 Å². The minimum Gasteiger partial charge on any atom is -0.493 e. The Morgan fingerprint density at radius 3 is 2.89 bits per heavy atom. The zero-order valence-corrected chi connectivity index (χ0v) is 11.3. The van der Waals surface area contributed by atoms with Crippen molar-refractivity contribution in [2.75, 3.05) is 18.9 Å². The number of para-hydroxylation sites is 1. The second kappa shape index (κ2) is 5.28. The van der Waals surface area contributed by atoms with Gasteiger partial charge in [0.25, 0.3) is 0 Å². The number of nitrogens with two attached hydrogens (primary N) is 1. The van der Waals surface area contributed by atoms with E-state index in [0.717, 1.165) is 17.7 Å². The highest BCUT2D eigenvalue weighted by Gasteiger charge is 2.29. The molecule has 0 aromatic heterocycles. The minimum absolute atomic E-state index is 0.0222. The molecule has 1 aromatic rings. The number of hydrogen-bond donors (Lipinski definition) is 1. The van der Waals surface area contributed by atoms with Gasteiger partial charge in [0.15, 0.2) is 9.84 Å². The first-order valence-electron chi connectivity index (χ1n) is 6.18. The molecule has 0 spiro atoms. The SMILES string of the molecule is CC(CN)S(=O)(=O)CC1CCOc2ccccc21. The maximum Gasteiger partial charge on any atom is 0.154 e. The second-order valence-corrected chi connectivity index (χ2v) is 7.21. The first-order valence-corrected chi connectivity index (χ1v) is 7.89. The fourth-order valence-electron chi connectivity index (χ4n) is 2.18. The molecule has 0 amide bonds. The average molecular weight is 269 g/mol. The maximum atomic E-state index is 12.1. The fraction of sp³-hybridized carbons (Fsp3) is 0.538. The lowest BCUT2D eigenvalue weighted by atomic mass is 9.95. The van der Waals surface area contributed by atoms with Gasteiger partial charge in [-0.1, -0.05) is 18.2 Å². The van der Waals surface area contributed by atoms with Crippen LogP contribution in [-0.2, 0) is 9.84 Å². The maximum absolute atomic E-state index is 12.1. The molecule has 0 bridgehead atoms. The third-order valence-electron chi connectivity index (χ3n) is 3.46. The summed E-state index contributed by atoms with van der Waals surface area (Å²) in [6.07, 6.45) is 0.744. The van der Waals surface area contributed by atoms with Crippen LogP contribution in [0.15, 0.2) is 24.3 Å². The Morgan fingerprint density at radius 2 is 2.17 bits per heavy atom. The Morgan fingerprint density at radius 1 is 1.44 bits per heavy atom. The molecule has 2 N–H and O–H groups in total. The Bertz CT molecular complexity index is 513. The van der Waals surface area contributed by atoms with Crippen LogP contribution in [0.3, 0.4) is 0 Å². The van der Waals surface area contributed by atoms with Crippen molar-refractivity contribution in [3.63, 3.8) is 0 Å². The van der Waals surface area contributed by atoms with Crippen LogP contribution in [0.5, 0.6) is 5.75 Å². The highest BCUT2D eigenvalue weighted by atomic mass is 32.2. The highest BCUT2D eigenvalue weighted by Crippen LogP contribution is 2.34. The highest BCUT2D eigenvalue weighted by molar-refractivity contribution is 7.92. The van der Waals surface area contributed by atoms with E-state index in [1.54, 1.807) is 6.92 Å². The number of ether oxygens (including phenoxy) is 1. The van der Waals surface area contributed by atoms with Crippen molar-refractivity contribution < 1.29 is 13.2 Å². The Hall–Kier alpha value is -1.07. The largest absolute Gasteiger partial charge is 0.493 e. The summed E-state index contributed by atoms with van der Waals surface area (Å²) in [6, 6.07) is 7.65. The van der Waals surface area contributed by atoms with Gasteiger partial charge in [-0.15, -0.1) is 0 Å². The molecule has 0 fully saturated rings. The molecule has 0 aliphatic carbocycles. The molecule has 2 unspecified atom stereocenters.